The minimum Gasteiger partial charge on any atom is -0.399 e. The van der Waals surface area contributed by atoms with Crippen molar-refractivity contribution in [2.75, 3.05) is 11.5 Å². The molecule has 0 aliphatic carbocycles. The van der Waals surface area contributed by atoms with Crippen molar-refractivity contribution in [2.24, 2.45) is 0 Å². The molecule has 18 heavy (non-hydrogen) atoms. The lowest BCUT2D eigenvalue weighted by Crippen LogP contribution is -2.03. The number of nitrogen functional groups attached to an aromatic ring is 2. The Hall–Kier alpha value is -2.63. The van der Waals surface area contributed by atoms with Crippen LogP contribution in [0.2, 0.25) is 0 Å². The van der Waals surface area contributed by atoms with Crippen LogP contribution in [0, 0.1) is 0 Å². The van der Waals surface area contributed by atoms with Crippen LogP contribution in [0.25, 0.3) is 11.0 Å². The van der Waals surface area contributed by atoms with E-state index in [0.717, 1.165) is 5.56 Å². The Labute approximate surface area is 105 Å². The van der Waals surface area contributed by atoms with Crippen molar-refractivity contribution in [1.29, 1.82) is 0 Å². The van der Waals surface area contributed by atoms with Gasteiger partial charge in [0.15, 0.2) is 11.5 Å². The number of rotatable bonds is 2. The van der Waals surface area contributed by atoms with Gasteiger partial charge in [-0.2, -0.15) is 5.10 Å². The summed E-state index contributed by atoms with van der Waals surface area (Å²) in [6.45, 7) is 0.518. The first-order valence-electron chi connectivity index (χ1n) is 5.93. The minimum atomic E-state index is 0.0889. The molecular formula is C12H12N6. The third kappa shape index (κ3) is 1.73. The van der Waals surface area contributed by atoms with Crippen molar-refractivity contribution in [3.63, 3.8) is 0 Å². The Kier molecular flexibility index (Phi) is 2.09. The maximum absolute atomic E-state index is 7.72. The summed E-state index contributed by atoms with van der Waals surface area (Å²) in [5.41, 5.74) is 13.8. The molecule has 0 saturated carbocycles. The topological polar surface area (TPSA) is 95.6 Å². The highest BCUT2D eigenvalue weighted by Crippen LogP contribution is 2.18. The Balaban J connectivity index is 2.06. The average Bonchev–Trinajstić information content (AvgIpc) is 2.70. The van der Waals surface area contributed by atoms with Crippen LogP contribution >= 0.6 is 0 Å². The number of nitrogens with zero attached hydrogens (tertiary/aromatic N) is 4. The van der Waals surface area contributed by atoms with Crippen molar-refractivity contribution in [2.45, 2.75) is 6.54 Å². The van der Waals surface area contributed by atoms with Gasteiger partial charge in [0.1, 0.15) is 6.33 Å². The van der Waals surface area contributed by atoms with Gasteiger partial charge in [-0.3, -0.25) is 0 Å². The van der Waals surface area contributed by atoms with Gasteiger partial charge >= 0.3 is 0 Å². The van der Waals surface area contributed by atoms with Crippen molar-refractivity contribution in [3.8, 4) is 0 Å². The molecule has 0 unspecified atom stereocenters. The highest BCUT2D eigenvalue weighted by molar-refractivity contribution is 5.85. The van der Waals surface area contributed by atoms with Crippen molar-refractivity contribution >= 4 is 22.5 Å². The molecule has 3 rings (SSSR count). The number of aromatic nitrogens is 4. The van der Waals surface area contributed by atoms with Gasteiger partial charge in [-0.15, -0.1) is 0 Å². The smallest absolute Gasteiger partial charge is 0.163 e. The molecule has 0 spiro atoms. The SMILES string of the molecule is [2H]c1ncnc2c1c(N)nn2Cc1ccc(N)cc1. The third-order valence-corrected chi connectivity index (χ3v) is 2.68. The number of benzene rings is 1. The van der Waals surface area contributed by atoms with Gasteiger partial charge in [0.2, 0.25) is 0 Å². The molecule has 3 aromatic rings. The summed E-state index contributed by atoms with van der Waals surface area (Å²) in [6, 6.07) is 7.49. The van der Waals surface area contributed by atoms with E-state index < -0.39 is 0 Å². The van der Waals surface area contributed by atoms with Crippen LogP contribution in [-0.4, -0.2) is 19.7 Å². The van der Waals surface area contributed by atoms with Crippen molar-refractivity contribution in [3.05, 3.63) is 42.3 Å². The van der Waals surface area contributed by atoms with Gasteiger partial charge in [-0.25, -0.2) is 14.6 Å². The molecule has 90 valence electrons. The lowest BCUT2D eigenvalue weighted by molar-refractivity contribution is 0.707. The fourth-order valence-electron chi connectivity index (χ4n) is 1.79. The number of hydrogen-bond donors (Lipinski definition) is 2. The van der Waals surface area contributed by atoms with Crippen LogP contribution in [-0.2, 0) is 6.54 Å². The number of anilines is 2. The summed E-state index contributed by atoms with van der Waals surface area (Å²) < 4.78 is 9.39. The molecular weight excluding hydrogens is 228 g/mol. The summed E-state index contributed by atoms with van der Waals surface area (Å²) >= 11 is 0. The van der Waals surface area contributed by atoms with E-state index in [0.29, 0.717) is 23.3 Å². The first kappa shape index (κ1) is 9.41. The van der Waals surface area contributed by atoms with Crippen LogP contribution in [0.15, 0.2) is 36.8 Å². The van der Waals surface area contributed by atoms with Gasteiger partial charge in [0, 0.05) is 11.9 Å². The molecule has 0 radical (unpaired) electrons. The molecule has 1 aromatic carbocycles. The molecule has 0 fully saturated rings. The maximum atomic E-state index is 7.72. The summed E-state index contributed by atoms with van der Waals surface area (Å²) in [4.78, 5) is 7.95. The molecule has 0 atom stereocenters. The van der Waals surface area contributed by atoms with Gasteiger partial charge < -0.3 is 11.5 Å². The number of fused-ring (bicyclic) bond motifs is 1. The highest BCUT2D eigenvalue weighted by Gasteiger charge is 2.09. The van der Waals surface area contributed by atoms with E-state index in [2.05, 4.69) is 15.1 Å². The monoisotopic (exact) mass is 241 g/mol. The van der Waals surface area contributed by atoms with E-state index in [4.69, 9.17) is 12.8 Å². The first-order valence-corrected chi connectivity index (χ1v) is 5.43. The summed E-state index contributed by atoms with van der Waals surface area (Å²) in [6.07, 6.45) is 1.43. The van der Waals surface area contributed by atoms with Gasteiger partial charge in [0.25, 0.3) is 0 Å². The third-order valence-electron chi connectivity index (χ3n) is 2.68. The van der Waals surface area contributed by atoms with Crippen LogP contribution in [0.5, 0.6) is 0 Å². The second-order valence-electron chi connectivity index (χ2n) is 3.97. The zero-order valence-electron chi connectivity index (χ0n) is 10.5. The Morgan fingerprint density at radius 1 is 1.22 bits per heavy atom. The van der Waals surface area contributed by atoms with Crippen molar-refractivity contribution in [1.82, 2.24) is 19.7 Å². The Morgan fingerprint density at radius 3 is 2.78 bits per heavy atom. The highest BCUT2D eigenvalue weighted by atomic mass is 15.3. The van der Waals surface area contributed by atoms with Gasteiger partial charge in [-0.1, -0.05) is 12.1 Å². The van der Waals surface area contributed by atoms with Gasteiger partial charge in [-0.05, 0) is 17.7 Å². The molecule has 0 amide bonds. The first-order chi connectivity index (χ1) is 9.15. The molecule has 0 aliphatic heterocycles. The van der Waals surface area contributed by atoms with Gasteiger partial charge in [0.05, 0.1) is 13.3 Å². The van der Waals surface area contributed by atoms with Crippen LogP contribution in [0.3, 0.4) is 0 Å². The fraction of sp³-hybridized carbons (Fsp3) is 0.0833. The molecule has 0 aliphatic rings. The standard InChI is InChI=1S/C12H12N6/c13-9-3-1-8(2-4-9)6-18-12-10(11(14)17-18)5-15-7-16-12/h1-5,7H,6,13H2,(H2,14,17)/i5D. The lowest BCUT2D eigenvalue weighted by Gasteiger charge is -2.03. The molecule has 0 bridgehead atoms. The van der Waals surface area contributed by atoms with Crippen LogP contribution in [0.4, 0.5) is 11.5 Å². The Bertz CT molecular complexity index is 734. The fourth-order valence-corrected chi connectivity index (χ4v) is 1.79. The second-order valence-corrected chi connectivity index (χ2v) is 3.97. The Morgan fingerprint density at radius 2 is 2.00 bits per heavy atom. The number of nitrogens with two attached hydrogens (primary N) is 2. The molecule has 6 heteroatoms. The maximum Gasteiger partial charge on any atom is 0.163 e. The van der Waals surface area contributed by atoms with E-state index in [1.54, 1.807) is 4.68 Å². The predicted octanol–water partition coefficient (Wildman–Crippen LogP) is 1.04. The van der Waals surface area contributed by atoms with Crippen LogP contribution in [0.1, 0.15) is 6.93 Å². The molecule has 0 saturated heterocycles. The summed E-state index contributed by atoms with van der Waals surface area (Å²) in [5, 5.41) is 4.69. The second kappa shape index (κ2) is 3.99. The minimum absolute atomic E-state index is 0.0889. The van der Waals surface area contributed by atoms with E-state index >= 15 is 0 Å². The van der Waals surface area contributed by atoms with E-state index in [1.807, 2.05) is 24.3 Å². The largest absolute Gasteiger partial charge is 0.399 e. The summed E-state index contributed by atoms with van der Waals surface area (Å²) in [7, 11) is 0. The average molecular weight is 241 g/mol. The lowest BCUT2D eigenvalue weighted by atomic mass is 10.2. The quantitative estimate of drug-likeness (QED) is 0.653. The molecule has 2 aromatic heterocycles. The summed E-state index contributed by atoms with van der Waals surface area (Å²) in [5.74, 6) is 0.274. The van der Waals surface area contributed by atoms with E-state index in [9.17, 15) is 0 Å². The zero-order valence-corrected chi connectivity index (χ0v) is 9.54. The van der Waals surface area contributed by atoms with Crippen molar-refractivity contribution < 1.29 is 1.37 Å². The molecule has 2 heterocycles. The number of hydrogen-bond acceptors (Lipinski definition) is 5. The zero-order chi connectivity index (χ0) is 13.4. The molecule has 6 nitrogen and oxygen atoms in total. The predicted molar refractivity (Wildman–Crippen MR) is 69.7 cm³/mol. The van der Waals surface area contributed by atoms with E-state index in [1.165, 1.54) is 6.33 Å². The van der Waals surface area contributed by atoms with E-state index in [-0.39, 0.29) is 12.0 Å². The normalized spacial score (nSPS) is 11.7. The molecule has 4 N–H and O–H groups in total. The van der Waals surface area contributed by atoms with Crippen LogP contribution < -0.4 is 11.5 Å².